The molecule has 3 aliphatic rings. The predicted molar refractivity (Wildman–Crippen MR) is 110 cm³/mol. The number of hydrogen-bond acceptors (Lipinski definition) is 6. The number of amides is 1. The zero-order valence-electron chi connectivity index (χ0n) is 17.0. The minimum Gasteiger partial charge on any atom is -0.422 e. The van der Waals surface area contributed by atoms with E-state index < -0.39 is 0 Å². The number of piperidine rings is 2. The van der Waals surface area contributed by atoms with Crippen LogP contribution >= 0.6 is 0 Å². The maximum absolute atomic E-state index is 12.9. The van der Waals surface area contributed by atoms with Crippen LogP contribution in [0.1, 0.15) is 51.4 Å². The van der Waals surface area contributed by atoms with E-state index in [0.29, 0.717) is 35.5 Å². The molecule has 5 rings (SSSR count). The number of anilines is 1. The highest BCUT2D eigenvalue weighted by Gasteiger charge is 2.38. The number of rotatable bonds is 3. The normalized spacial score (nSPS) is 24.9. The Morgan fingerprint density at radius 2 is 2.07 bits per heavy atom. The molecule has 1 unspecified atom stereocenters. The Bertz CT molecular complexity index is 818. The van der Waals surface area contributed by atoms with E-state index in [9.17, 15) is 4.79 Å². The van der Waals surface area contributed by atoms with Crippen molar-refractivity contribution >= 4 is 23.2 Å². The fourth-order valence-corrected chi connectivity index (χ4v) is 5.14. The highest BCUT2D eigenvalue weighted by atomic mass is 16.5. The molecule has 5 heterocycles. The van der Waals surface area contributed by atoms with Crippen LogP contribution in [0.5, 0.6) is 0 Å². The predicted octanol–water partition coefficient (Wildman–Crippen LogP) is 3.39. The summed E-state index contributed by atoms with van der Waals surface area (Å²) in [6.45, 7) is 4.30. The van der Waals surface area contributed by atoms with Gasteiger partial charge in [0.2, 0.25) is 11.6 Å². The number of carbonyl (C=O) groups is 1. The molecule has 3 saturated heterocycles. The Morgan fingerprint density at radius 3 is 2.86 bits per heavy atom. The number of oxazole rings is 1. The second-order valence-electron chi connectivity index (χ2n) is 8.85. The molecule has 3 fully saturated rings. The molecule has 0 aromatic carbocycles. The zero-order chi connectivity index (χ0) is 19.7. The van der Waals surface area contributed by atoms with Gasteiger partial charge in [0.25, 0.3) is 6.01 Å². The van der Waals surface area contributed by atoms with Crippen molar-refractivity contribution < 1.29 is 13.9 Å². The van der Waals surface area contributed by atoms with Crippen molar-refractivity contribution in [3.63, 3.8) is 0 Å². The molecule has 0 radical (unpaired) electrons. The van der Waals surface area contributed by atoms with Gasteiger partial charge >= 0.3 is 0 Å². The van der Waals surface area contributed by atoms with Crippen LogP contribution in [0.15, 0.2) is 22.7 Å². The van der Waals surface area contributed by atoms with E-state index in [2.05, 4.69) is 19.8 Å². The summed E-state index contributed by atoms with van der Waals surface area (Å²) in [5.74, 6) is 0.641. The zero-order valence-corrected chi connectivity index (χ0v) is 17.0. The summed E-state index contributed by atoms with van der Waals surface area (Å²) in [6, 6.07) is 4.38. The van der Waals surface area contributed by atoms with Crippen molar-refractivity contribution in [1.29, 1.82) is 0 Å². The van der Waals surface area contributed by atoms with Crippen molar-refractivity contribution in [2.75, 3.05) is 37.7 Å². The summed E-state index contributed by atoms with van der Waals surface area (Å²) in [4.78, 5) is 26.0. The Labute approximate surface area is 171 Å². The number of ether oxygens (including phenoxy) is 1. The Morgan fingerprint density at radius 1 is 1.17 bits per heavy atom. The molecule has 2 aromatic heterocycles. The van der Waals surface area contributed by atoms with Crippen LogP contribution in [-0.2, 0) is 9.53 Å². The molecule has 7 heteroatoms. The lowest BCUT2D eigenvalue weighted by Crippen LogP contribution is -2.50. The van der Waals surface area contributed by atoms with Crippen LogP contribution in [0.3, 0.4) is 0 Å². The van der Waals surface area contributed by atoms with Crippen molar-refractivity contribution in [1.82, 2.24) is 14.9 Å². The van der Waals surface area contributed by atoms with Crippen molar-refractivity contribution in [3.8, 4) is 0 Å². The van der Waals surface area contributed by atoms with Gasteiger partial charge in [0.05, 0.1) is 5.60 Å². The molecular formula is C22H30N4O3. The Balaban J connectivity index is 1.17. The van der Waals surface area contributed by atoms with Gasteiger partial charge in [-0.25, -0.2) is 4.98 Å². The average molecular weight is 399 g/mol. The lowest BCUT2D eigenvalue weighted by atomic mass is 9.84. The second-order valence-corrected chi connectivity index (χ2v) is 8.85. The summed E-state index contributed by atoms with van der Waals surface area (Å²) >= 11 is 0. The van der Waals surface area contributed by atoms with Gasteiger partial charge < -0.3 is 19.0 Å². The molecule has 29 heavy (non-hydrogen) atoms. The van der Waals surface area contributed by atoms with Crippen LogP contribution in [0.25, 0.3) is 11.2 Å². The number of pyridine rings is 1. The first-order chi connectivity index (χ1) is 14.2. The first-order valence-electron chi connectivity index (χ1n) is 11.1. The summed E-state index contributed by atoms with van der Waals surface area (Å²) < 4.78 is 12.0. The number of hydrogen-bond donors (Lipinski definition) is 0. The minimum atomic E-state index is 0.0532. The molecule has 156 valence electrons. The van der Waals surface area contributed by atoms with E-state index in [1.54, 1.807) is 6.20 Å². The lowest BCUT2D eigenvalue weighted by Gasteiger charge is -2.44. The van der Waals surface area contributed by atoms with E-state index in [1.807, 2.05) is 12.1 Å². The van der Waals surface area contributed by atoms with E-state index in [4.69, 9.17) is 9.15 Å². The fraction of sp³-hybridized carbons (Fsp3) is 0.682. The van der Waals surface area contributed by atoms with Gasteiger partial charge in [0, 0.05) is 45.4 Å². The van der Waals surface area contributed by atoms with Gasteiger partial charge in [-0.2, -0.15) is 4.98 Å². The van der Waals surface area contributed by atoms with Crippen molar-refractivity contribution in [2.24, 2.45) is 5.92 Å². The summed E-state index contributed by atoms with van der Waals surface area (Å²) in [6.07, 6.45) is 10.1. The van der Waals surface area contributed by atoms with Gasteiger partial charge in [-0.3, -0.25) is 4.79 Å². The smallest absolute Gasteiger partial charge is 0.299 e. The molecule has 1 amide bonds. The molecular weight excluding hydrogens is 368 g/mol. The number of fused-ring (bicyclic) bond motifs is 1. The van der Waals surface area contributed by atoms with Crippen LogP contribution in [0, 0.1) is 5.92 Å². The number of likely N-dealkylation sites (tertiary alicyclic amines) is 1. The number of carbonyl (C=O) groups excluding carboxylic acids is 1. The van der Waals surface area contributed by atoms with Gasteiger partial charge in [0.15, 0.2) is 5.58 Å². The molecule has 1 atom stereocenters. The van der Waals surface area contributed by atoms with E-state index in [-0.39, 0.29) is 5.60 Å². The molecule has 0 N–H and O–H groups in total. The quantitative estimate of drug-likeness (QED) is 0.789. The highest BCUT2D eigenvalue weighted by Crippen LogP contribution is 2.35. The van der Waals surface area contributed by atoms with Crippen LogP contribution in [0.4, 0.5) is 6.01 Å². The van der Waals surface area contributed by atoms with E-state index in [1.165, 1.54) is 12.8 Å². The largest absolute Gasteiger partial charge is 0.422 e. The topological polar surface area (TPSA) is 71.7 Å². The summed E-state index contributed by atoms with van der Waals surface area (Å²) in [5.41, 5.74) is 1.42. The SMILES string of the molecule is O=C(CC1CCCN(c2nc3ncccc3o2)C1)N1CCC2(CCCCO2)CC1. The molecule has 3 aliphatic heterocycles. The molecule has 7 nitrogen and oxygen atoms in total. The number of aromatic nitrogens is 2. The van der Waals surface area contributed by atoms with Crippen molar-refractivity contribution in [2.45, 2.75) is 57.0 Å². The first-order valence-corrected chi connectivity index (χ1v) is 11.1. The average Bonchev–Trinajstić information content (AvgIpc) is 3.19. The molecule has 0 bridgehead atoms. The molecule has 0 aliphatic carbocycles. The highest BCUT2D eigenvalue weighted by molar-refractivity contribution is 5.76. The minimum absolute atomic E-state index is 0.0532. The van der Waals surface area contributed by atoms with E-state index in [0.717, 1.165) is 64.9 Å². The maximum atomic E-state index is 12.9. The molecule has 1 spiro atoms. The molecule has 0 saturated carbocycles. The van der Waals surface area contributed by atoms with E-state index >= 15 is 0 Å². The summed E-state index contributed by atoms with van der Waals surface area (Å²) in [5, 5.41) is 0. The third-order valence-corrected chi connectivity index (χ3v) is 6.87. The Kier molecular flexibility index (Phi) is 5.16. The third-order valence-electron chi connectivity index (χ3n) is 6.87. The maximum Gasteiger partial charge on any atom is 0.299 e. The van der Waals surface area contributed by atoms with Crippen LogP contribution in [0.2, 0.25) is 0 Å². The second kappa shape index (κ2) is 7.94. The van der Waals surface area contributed by atoms with Gasteiger partial charge in [-0.1, -0.05) is 0 Å². The van der Waals surface area contributed by atoms with Gasteiger partial charge in [-0.15, -0.1) is 0 Å². The fourth-order valence-electron chi connectivity index (χ4n) is 5.14. The first kappa shape index (κ1) is 18.9. The lowest BCUT2D eigenvalue weighted by molar-refractivity contribution is -0.143. The summed E-state index contributed by atoms with van der Waals surface area (Å²) in [7, 11) is 0. The Hall–Kier alpha value is -2.15. The van der Waals surface area contributed by atoms with Gasteiger partial charge in [0.1, 0.15) is 0 Å². The van der Waals surface area contributed by atoms with Crippen LogP contribution < -0.4 is 4.90 Å². The standard InChI is InChI=1S/C22H30N4O3/c27-19(25-12-8-22(9-13-25)7-1-2-14-28-22)15-17-5-4-11-26(16-17)21-24-20-18(29-21)6-3-10-23-20/h3,6,10,17H,1-2,4-5,7-9,11-16H2. The van der Waals surface area contributed by atoms with Gasteiger partial charge in [-0.05, 0) is 63.0 Å². The molecule has 2 aromatic rings. The third kappa shape index (κ3) is 3.97. The number of nitrogens with zero attached hydrogens (tertiary/aromatic N) is 4. The monoisotopic (exact) mass is 398 g/mol. The van der Waals surface area contributed by atoms with Crippen molar-refractivity contribution in [3.05, 3.63) is 18.3 Å². The van der Waals surface area contributed by atoms with Crippen LogP contribution in [-0.4, -0.2) is 59.2 Å².